The molecule has 3 fully saturated rings. The van der Waals surface area contributed by atoms with Gasteiger partial charge < -0.3 is 10.2 Å². The molecule has 6 heteroatoms. The summed E-state index contributed by atoms with van der Waals surface area (Å²) in [6.07, 6.45) is 14.2. The van der Waals surface area contributed by atoms with Crippen molar-refractivity contribution in [2.75, 3.05) is 13.1 Å². The van der Waals surface area contributed by atoms with Crippen molar-refractivity contribution in [3.8, 4) is 0 Å². The number of carbonyl (C=O) groups is 2. The number of aromatic nitrogens is 2. The molecule has 1 aliphatic heterocycles. The highest BCUT2D eigenvalue weighted by molar-refractivity contribution is 5.79. The Balaban J connectivity index is 1.31. The Morgan fingerprint density at radius 2 is 1.59 bits per heavy atom. The van der Waals surface area contributed by atoms with Crippen LogP contribution >= 0.6 is 0 Å². The standard InChI is InChI=1S/C26H40N4O2/c1-18-23(16-24(31)29-22-10-4-3-5-11-22)19(2)28-26(27-18)21-14-15-30(17-21)25(32)13-12-20-8-6-7-9-20/h20-22H,3-17H2,1-2H3,(H,29,31)/t21-/m1/s1. The summed E-state index contributed by atoms with van der Waals surface area (Å²) < 4.78 is 0. The van der Waals surface area contributed by atoms with Crippen LogP contribution in [0.5, 0.6) is 0 Å². The molecule has 1 aromatic rings. The van der Waals surface area contributed by atoms with Gasteiger partial charge in [-0.15, -0.1) is 0 Å². The van der Waals surface area contributed by atoms with E-state index in [4.69, 9.17) is 9.97 Å². The monoisotopic (exact) mass is 440 g/mol. The van der Waals surface area contributed by atoms with Crippen molar-refractivity contribution in [2.24, 2.45) is 5.92 Å². The lowest BCUT2D eigenvalue weighted by Gasteiger charge is -2.23. The van der Waals surface area contributed by atoms with Gasteiger partial charge in [0, 0.05) is 48.4 Å². The van der Waals surface area contributed by atoms with Crippen molar-refractivity contribution in [3.63, 3.8) is 0 Å². The average Bonchev–Trinajstić information content (AvgIpc) is 3.47. The summed E-state index contributed by atoms with van der Waals surface area (Å²) in [5.74, 6) is 2.17. The Bertz CT molecular complexity index is 789. The van der Waals surface area contributed by atoms with Gasteiger partial charge in [-0.3, -0.25) is 9.59 Å². The maximum Gasteiger partial charge on any atom is 0.224 e. The fourth-order valence-electron chi connectivity index (χ4n) is 5.87. The van der Waals surface area contributed by atoms with E-state index in [1.165, 1.54) is 44.9 Å². The van der Waals surface area contributed by atoms with Crippen molar-refractivity contribution < 1.29 is 9.59 Å². The Labute approximate surface area is 193 Å². The Morgan fingerprint density at radius 3 is 2.28 bits per heavy atom. The fourth-order valence-corrected chi connectivity index (χ4v) is 5.87. The summed E-state index contributed by atoms with van der Waals surface area (Å²) in [7, 11) is 0. The number of rotatable bonds is 7. The van der Waals surface area contributed by atoms with E-state index in [0.29, 0.717) is 24.8 Å². The number of hydrogen-bond donors (Lipinski definition) is 1. The smallest absolute Gasteiger partial charge is 0.224 e. The number of carbonyl (C=O) groups excluding carboxylic acids is 2. The van der Waals surface area contributed by atoms with E-state index < -0.39 is 0 Å². The fraction of sp³-hybridized carbons (Fsp3) is 0.769. The van der Waals surface area contributed by atoms with Crippen LogP contribution in [0.15, 0.2) is 0 Å². The van der Waals surface area contributed by atoms with E-state index in [1.54, 1.807) is 0 Å². The van der Waals surface area contributed by atoms with Crippen molar-refractivity contribution in [3.05, 3.63) is 22.8 Å². The molecular formula is C26H40N4O2. The van der Waals surface area contributed by atoms with Crippen molar-refractivity contribution in [1.29, 1.82) is 0 Å². The van der Waals surface area contributed by atoms with Gasteiger partial charge in [-0.25, -0.2) is 9.97 Å². The van der Waals surface area contributed by atoms with Gasteiger partial charge >= 0.3 is 0 Å². The number of hydrogen-bond acceptors (Lipinski definition) is 4. The van der Waals surface area contributed by atoms with Crippen LogP contribution in [0.4, 0.5) is 0 Å². The van der Waals surface area contributed by atoms with Crippen molar-refractivity contribution in [1.82, 2.24) is 20.2 Å². The summed E-state index contributed by atoms with van der Waals surface area (Å²) in [4.78, 5) is 36.9. The molecule has 2 amide bonds. The van der Waals surface area contributed by atoms with Gasteiger partial charge in [0.05, 0.1) is 6.42 Å². The molecule has 176 valence electrons. The van der Waals surface area contributed by atoms with E-state index in [0.717, 1.165) is 67.5 Å². The molecule has 2 heterocycles. The first-order valence-electron chi connectivity index (χ1n) is 12.9. The predicted octanol–water partition coefficient (Wildman–Crippen LogP) is 4.37. The van der Waals surface area contributed by atoms with Gasteiger partial charge in [-0.05, 0) is 45.4 Å². The maximum absolute atomic E-state index is 12.7. The molecule has 0 bridgehead atoms. The molecule has 2 saturated carbocycles. The second-order valence-electron chi connectivity index (χ2n) is 10.3. The minimum Gasteiger partial charge on any atom is -0.353 e. The zero-order valence-electron chi connectivity index (χ0n) is 20.0. The van der Waals surface area contributed by atoms with Gasteiger partial charge in [0.1, 0.15) is 5.82 Å². The molecule has 1 atom stereocenters. The highest BCUT2D eigenvalue weighted by atomic mass is 16.2. The van der Waals surface area contributed by atoms with Gasteiger partial charge in [-0.1, -0.05) is 44.9 Å². The summed E-state index contributed by atoms with van der Waals surface area (Å²) in [6, 6.07) is 0.327. The average molecular weight is 441 g/mol. The largest absolute Gasteiger partial charge is 0.353 e. The van der Waals surface area contributed by atoms with Crippen LogP contribution < -0.4 is 5.32 Å². The molecule has 2 aliphatic carbocycles. The lowest BCUT2D eigenvalue weighted by molar-refractivity contribution is -0.130. The molecule has 0 aromatic carbocycles. The number of nitrogens with one attached hydrogen (secondary N) is 1. The topological polar surface area (TPSA) is 75.2 Å². The van der Waals surface area contributed by atoms with Gasteiger partial charge in [0.25, 0.3) is 0 Å². The third kappa shape index (κ3) is 5.87. The molecule has 1 N–H and O–H groups in total. The van der Waals surface area contributed by atoms with Gasteiger partial charge in [0.2, 0.25) is 11.8 Å². The number of likely N-dealkylation sites (tertiary alicyclic amines) is 1. The SMILES string of the molecule is Cc1nc([C@@H]2CCN(C(=O)CCC3CCCC3)C2)nc(C)c1CC(=O)NC1CCCCC1. The predicted molar refractivity (Wildman–Crippen MR) is 125 cm³/mol. The number of amides is 2. The summed E-state index contributed by atoms with van der Waals surface area (Å²) in [6.45, 7) is 5.51. The zero-order valence-corrected chi connectivity index (χ0v) is 20.0. The second kappa shape index (κ2) is 10.8. The Morgan fingerprint density at radius 1 is 0.938 bits per heavy atom. The molecule has 0 unspecified atom stereocenters. The Hall–Kier alpha value is -1.98. The molecule has 1 saturated heterocycles. The van der Waals surface area contributed by atoms with Crippen LogP contribution in [0.25, 0.3) is 0 Å². The highest BCUT2D eigenvalue weighted by Crippen LogP contribution is 2.30. The minimum atomic E-state index is 0.0827. The van der Waals surface area contributed by atoms with Gasteiger partial charge in [0.15, 0.2) is 0 Å². The summed E-state index contributed by atoms with van der Waals surface area (Å²) >= 11 is 0. The molecule has 32 heavy (non-hydrogen) atoms. The van der Waals surface area contributed by atoms with E-state index in [2.05, 4.69) is 5.32 Å². The van der Waals surface area contributed by atoms with Crippen LogP contribution in [0, 0.1) is 19.8 Å². The number of nitrogens with zero attached hydrogens (tertiary/aromatic N) is 3. The first-order chi connectivity index (χ1) is 15.5. The molecule has 0 radical (unpaired) electrons. The van der Waals surface area contributed by atoms with Crippen LogP contribution in [-0.4, -0.2) is 45.8 Å². The molecule has 4 rings (SSSR count). The van der Waals surface area contributed by atoms with E-state index in [9.17, 15) is 9.59 Å². The van der Waals surface area contributed by atoms with E-state index >= 15 is 0 Å². The van der Waals surface area contributed by atoms with Crippen molar-refractivity contribution >= 4 is 11.8 Å². The molecule has 3 aliphatic rings. The molecule has 6 nitrogen and oxygen atoms in total. The van der Waals surface area contributed by atoms with Crippen LogP contribution in [0.2, 0.25) is 0 Å². The van der Waals surface area contributed by atoms with Crippen molar-refractivity contribution in [2.45, 2.75) is 109 Å². The second-order valence-corrected chi connectivity index (χ2v) is 10.3. The van der Waals surface area contributed by atoms with Crippen LogP contribution in [0.1, 0.15) is 106 Å². The van der Waals surface area contributed by atoms with E-state index in [1.807, 2.05) is 18.7 Å². The summed E-state index contributed by atoms with van der Waals surface area (Å²) in [5, 5.41) is 3.20. The lowest BCUT2D eigenvalue weighted by Crippen LogP contribution is -2.37. The molecule has 1 aromatic heterocycles. The van der Waals surface area contributed by atoms with E-state index in [-0.39, 0.29) is 11.8 Å². The number of aryl methyl sites for hydroxylation is 2. The third-order valence-electron chi connectivity index (χ3n) is 7.89. The highest BCUT2D eigenvalue weighted by Gasteiger charge is 2.30. The quantitative estimate of drug-likeness (QED) is 0.683. The first-order valence-corrected chi connectivity index (χ1v) is 12.9. The van der Waals surface area contributed by atoms with Crippen LogP contribution in [-0.2, 0) is 16.0 Å². The molecule has 0 spiro atoms. The third-order valence-corrected chi connectivity index (χ3v) is 7.89. The first kappa shape index (κ1) is 23.2. The lowest BCUT2D eigenvalue weighted by atomic mass is 9.95. The zero-order chi connectivity index (χ0) is 22.5. The van der Waals surface area contributed by atoms with Gasteiger partial charge in [-0.2, -0.15) is 0 Å². The normalized spacial score (nSPS) is 22.4. The van der Waals surface area contributed by atoms with Crippen LogP contribution in [0.3, 0.4) is 0 Å². The molecular weight excluding hydrogens is 400 g/mol. The maximum atomic E-state index is 12.7. The minimum absolute atomic E-state index is 0.0827. The Kier molecular flexibility index (Phi) is 7.80. The summed E-state index contributed by atoms with van der Waals surface area (Å²) in [5.41, 5.74) is 2.75.